The molecule has 0 atom stereocenters. The molecule has 37 heavy (non-hydrogen) atoms. The first-order valence-corrected chi connectivity index (χ1v) is 12.5. The fourth-order valence-corrected chi connectivity index (χ4v) is 4.08. The van der Waals surface area contributed by atoms with Crippen molar-refractivity contribution in [2.75, 3.05) is 46.5 Å². The molecule has 0 unspecified atom stereocenters. The van der Waals surface area contributed by atoms with Gasteiger partial charge in [0.15, 0.2) is 0 Å². The van der Waals surface area contributed by atoms with E-state index in [1.165, 1.54) is 6.08 Å². The molecule has 2 heterocycles. The van der Waals surface area contributed by atoms with E-state index in [1.807, 2.05) is 12.1 Å². The third-order valence-electron chi connectivity index (χ3n) is 5.91. The van der Waals surface area contributed by atoms with Crippen molar-refractivity contribution in [3.8, 4) is 17.1 Å². The molecule has 1 aliphatic rings. The van der Waals surface area contributed by atoms with Gasteiger partial charge in [0, 0.05) is 41.9 Å². The molecule has 0 saturated carbocycles. The molecule has 9 heteroatoms. The minimum Gasteiger partial charge on any atom is -0.497 e. The Morgan fingerprint density at radius 1 is 1.08 bits per heavy atom. The Hall–Kier alpha value is -3.59. The highest BCUT2D eigenvalue weighted by atomic mass is 35.5. The van der Waals surface area contributed by atoms with Gasteiger partial charge in [-0.2, -0.15) is 0 Å². The summed E-state index contributed by atoms with van der Waals surface area (Å²) < 4.78 is 16.5. The van der Waals surface area contributed by atoms with Gasteiger partial charge in [0.05, 0.1) is 20.3 Å². The first-order valence-electron chi connectivity index (χ1n) is 12.1. The second kappa shape index (κ2) is 13.1. The molecule has 0 aliphatic carbocycles. The Morgan fingerprint density at radius 3 is 2.59 bits per heavy atom. The van der Waals surface area contributed by atoms with Gasteiger partial charge >= 0.3 is 0 Å². The zero-order chi connectivity index (χ0) is 26.0. The number of morpholine rings is 1. The molecule has 0 radical (unpaired) electrons. The quantitative estimate of drug-likeness (QED) is 0.305. The van der Waals surface area contributed by atoms with E-state index in [0.29, 0.717) is 34.4 Å². The molecule has 194 valence electrons. The summed E-state index contributed by atoms with van der Waals surface area (Å²) in [6.07, 6.45) is 2.30. The largest absolute Gasteiger partial charge is 0.497 e. The molecular formula is C28H30ClN3O5. The van der Waals surface area contributed by atoms with Crippen LogP contribution < -0.4 is 15.4 Å². The second-order valence-electron chi connectivity index (χ2n) is 8.52. The highest BCUT2D eigenvalue weighted by Crippen LogP contribution is 2.25. The third kappa shape index (κ3) is 7.69. The number of hydrogen-bond acceptors (Lipinski definition) is 6. The minimum absolute atomic E-state index is 0.0826. The number of furan rings is 1. The van der Waals surface area contributed by atoms with Crippen molar-refractivity contribution in [3.63, 3.8) is 0 Å². The molecule has 1 aromatic heterocycles. The summed E-state index contributed by atoms with van der Waals surface area (Å²) in [4.78, 5) is 28.3. The first kappa shape index (κ1) is 26.5. The van der Waals surface area contributed by atoms with Crippen LogP contribution in [-0.2, 0) is 9.53 Å². The molecule has 4 rings (SSSR count). The zero-order valence-electron chi connectivity index (χ0n) is 20.7. The Labute approximate surface area is 221 Å². The lowest BCUT2D eigenvalue weighted by molar-refractivity contribution is -0.117. The summed E-state index contributed by atoms with van der Waals surface area (Å²) in [5.41, 5.74) is 1.29. The fourth-order valence-electron chi connectivity index (χ4n) is 3.89. The van der Waals surface area contributed by atoms with Crippen LogP contribution in [0.15, 0.2) is 70.8 Å². The van der Waals surface area contributed by atoms with Gasteiger partial charge in [0.2, 0.25) is 0 Å². The average molecular weight is 524 g/mol. The van der Waals surface area contributed by atoms with E-state index in [2.05, 4.69) is 15.5 Å². The number of benzene rings is 2. The lowest BCUT2D eigenvalue weighted by Crippen LogP contribution is -2.39. The molecule has 2 aromatic carbocycles. The van der Waals surface area contributed by atoms with Crippen LogP contribution in [-0.4, -0.2) is 63.2 Å². The molecule has 0 spiro atoms. The fraction of sp³-hybridized carbons (Fsp3) is 0.286. The third-order valence-corrected chi connectivity index (χ3v) is 6.14. The number of amides is 2. The van der Waals surface area contributed by atoms with Crippen LogP contribution in [0.5, 0.6) is 5.75 Å². The highest BCUT2D eigenvalue weighted by Gasteiger charge is 2.17. The predicted molar refractivity (Wildman–Crippen MR) is 142 cm³/mol. The van der Waals surface area contributed by atoms with Gasteiger partial charge in [0.1, 0.15) is 23.0 Å². The maximum Gasteiger partial charge on any atom is 0.267 e. The standard InChI is InChI=1S/C28H30ClN3O5/c1-35-23-8-6-20(7-9-23)27(33)31-25(28(34)30-12-3-13-32-14-16-36-17-15-32)19-24-10-11-26(37-24)21-4-2-5-22(29)18-21/h2,4-11,18-19H,3,12-17H2,1H3,(H,30,34)(H,31,33). The van der Waals surface area contributed by atoms with Crippen LogP contribution >= 0.6 is 11.6 Å². The van der Waals surface area contributed by atoms with Crippen molar-refractivity contribution in [2.24, 2.45) is 0 Å². The molecule has 1 aliphatic heterocycles. The maximum atomic E-state index is 13.1. The van der Waals surface area contributed by atoms with E-state index in [4.69, 9.17) is 25.5 Å². The monoisotopic (exact) mass is 523 g/mol. The maximum absolute atomic E-state index is 13.1. The topological polar surface area (TPSA) is 93.0 Å². The van der Waals surface area contributed by atoms with E-state index < -0.39 is 11.8 Å². The van der Waals surface area contributed by atoms with Gasteiger partial charge in [-0.05, 0) is 61.5 Å². The van der Waals surface area contributed by atoms with Crippen LogP contribution in [0, 0.1) is 0 Å². The van der Waals surface area contributed by atoms with Crippen LogP contribution in [0.1, 0.15) is 22.5 Å². The summed E-state index contributed by atoms with van der Waals surface area (Å²) in [6.45, 7) is 4.59. The number of methoxy groups -OCH3 is 1. The van der Waals surface area contributed by atoms with Gasteiger partial charge in [-0.3, -0.25) is 14.5 Å². The van der Waals surface area contributed by atoms with E-state index in [1.54, 1.807) is 55.6 Å². The van der Waals surface area contributed by atoms with Crippen molar-refractivity contribution in [2.45, 2.75) is 6.42 Å². The van der Waals surface area contributed by atoms with Crippen LogP contribution in [0.4, 0.5) is 0 Å². The number of halogens is 1. The van der Waals surface area contributed by atoms with Gasteiger partial charge in [-0.15, -0.1) is 0 Å². The number of carbonyl (C=O) groups excluding carboxylic acids is 2. The molecule has 1 saturated heterocycles. The average Bonchev–Trinajstić information content (AvgIpc) is 3.40. The van der Waals surface area contributed by atoms with Crippen LogP contribution in [0.3, 0.4) is 0 Å². The summed E-state index contributed by atoms with van der Waals surface area (Å²) in [5, 5.41) is 6.23. The Kier molecular flexibility index (Phi) is 9.37. The number of nitrogens with one attached hydrogen (secondary N) is 2. The summed E-state index contributed by atoms with van der Waals surface area (Å²) in [6, 6.07) is 17.5. The lowest BCUT2D eigenvalue weighted by Gasteiger charge is -2.26. The summed E-state index contributed by atoms with van der Waals surface area (Å²) >= 11 is 6.10. The number of nitrogens with zero attached hydrogens (tertiary/aromatic N) is 1. The van der Waals surface area contributed by atoms with E-state index in [0.717, 1.165) is 44.8 Å². The van der Waals surface area contributed by atoms with E-state index >= 15 is 0 Å². The molecule has 0 bridgehead atoms. The summed E-state index contributed by atoms with van der Waals surface area (Å²) in [7, 11) is 1.56. The zero-order valence-corrected chi connectivity index (χ0v) is 21.4. The Balaban J connectivity index is 1.47. The van der Waals surface area contributed by atoms with Gasteiger partial charge in [0.25, 0.3) is 11.8 Å². The van der Waals surface area contributed by atoms with Crippen molar-refractivity contribution >= 4 is 29.5 Å². The molecule has 1 fully saturated rings. The predicted octanol–water partition coefficient (Wildman–Crippen LogP) is 4.22. The van der Waals surface area contributed by atoms with Crippen molar-refractivity contribution in [1.82, 2.24) is 15.5 Å². The van der Waals surface area contributed by atoms with Crippen molar-refractivity contribution in [3.05, 3.63) is 82.7 Å². The summed E-state index contributed by atoms with van der Waals surface area (Å²) in [5.74, 6) is 0.835. The number of ether oxygens (including phenoxy) is 2. The van der Waals surface area contributed by atoms with E-state index in [9.17, 15) is 9.59 Å². The smallest absolute Gasteiger partial charge is 0.267 e. The normalized spacial score (nSPS) is 14.3. The molecule has 2 amide bonds. The Morgan fingerprint density at radius 2 is 1.86 bits per heavy atom. The first-order chi connectivity index (χ1) is 18.0. The molecule has 8 nitrogen and oxygen atoms in total. The lowest BCUT2D eigenvalue weighted by atomic mass is 10.2. The van der Waals surface area contributed by atoms with Crippen LogP contribution in [0.2, 0.25) is 5.02 Å². The molecule has 3 aromatic rings. The van der Waals surface area contributed by atoms with Crippen molar-refractivity contribution < 1.29 is 23.5 Å². The number of rotatable bonds is 10. The van der Waals surface area contributed by atoms with Crippen molar-refractivity contribution in [1.29, 1.82) is 0 Å². The molecule has 2 N–H and O–H groups in total. The van der Waals surface area contributed by atoms with Gasteiger partial charge in [-0.1, -0.05) is 23.7 Å². The number of carbonyl (C=O) groups is 2. The SMILES string of the molecule is COc1ccc(C(=O)NC(=Cc2ccc(-c3cccc(Cl)c3)o2)C(=O)NCCCN2CCOCC2)cc1. The molecular weight excluding hydrogens is 494 g/mol. The van der Waals surface area contributed by atoms with E-state index in [-0.39, 0.29) is 5.70 Å². The minimum atomic E-state index is -0.418. The Bertz CT molecular complexity index is 1230. The van der Waals surface area contributed by atoms with Gasteiger partial charge in [-0.25, -0.2) is 0 Å². The number of hydrogen-bond donors (Lipinski definition) is 2. The highest BCUT2D eigenvalue weighted by molar-refractivity contribution is 6.30. The van der Waals surface area contributed by atoms with Crippen LogP contribution in [0.25, 0.3) is 17.4 Å². The second-order valence-corrected chi connectivity index (χ2v) is 8.95. The van der Waals surface area contributed by atoms with Gasteiger partial charge < -0.3 is 24.5 Å².